The molecule has 196 valence electrons. The molecule has 0 aromatic heterocycles. The molecular weight excluding hydrogens is 496 g/mol. The first-order valence-electron chi connectivity index (χ1n) is 13.4. The molecule has 1 unspecified atom stereocenters. The molecule has 40 heavy (non-hydrogen) atoms. The second-order valence-electron chi connectivity index (χ2n) is 10.0. The van der Waals surface area contributed by atoms with Crippen LogP contribution in [0.5, 0.6) is 0 Å². The second-order valence-corrected chi connectivity index (χ2v) is 10.0. The Kier molecular flexibility index (Phi) is 6.94. The minimum absolute atomic E-state index is 0.214. The number of carbonyl (C=O) groups is 3. The number of carbonyl (C=O) groups excluding carboxylic acids is 3. The van der Waals surface area contributed by atoms with Crippen LogP contribution in [0.3, 0.4) is 0 Å². The molecule has 1 atom stereocenters. The first-order chi connectivity index (χ1) is 19.6. The third kappa shape index (κ3) is 4.90. The molecule has 6 rings (SSSR count). The molecule has 0 saturated carbocycles. The first kappa shape index (κ1) is 25.3. The number of benzene rings is 5. The maximum Gasteiger partial charge on any atom is 0.262 e. The van der Waals surface area contributed by atoms with Crippen molar-refractivity contribution < 1.29 is 14.4 Å². The largest absolute Gasteiger partial charge is 0.332 e. The van der Waals surface area contributed by atoms with Crippen molar-refractivity contribution in [3.63, 3.8) is 0 Å². The molecule has 0 aliphatic carbocycles. The fourth-order valence-corrected chi connectivity index (χ4v) is 5.49. The third-order valence-corrected chi connectivity index (χ3v) is 7.46. The van der Waals surface area contributed by atoms with Crippen molar-refractivity contribution >= 4 is 28.5 Å². The third-order valence-electron chi connectivity index (χ3n) is 7.46. The number of fused-ring (bicyclic) bond motifs is 2. The molecule has 3 amide bonds. The summed E-state index contributed by atoms with van der Waals surface area (Å²) in [5.74, 6) is -1.13. The van der Waals surface area contributed by atoms with Crippen LogP contribution in [0, 0.1) is 0 Å². The van der Waals surface area contributed by atoms with Gasteiger partial charge in [0.05, 0.1) is 11.1 Å². The summed E-state index contributed by atoms with van der Waals surface area (Å²) in [7, 11) is 0. The highest BCUT2D eigenvalue weighted by molar-refractivity contribution is 6.22. The maximum absolute atomic E-state index is 14.6. The zero-order valence-electron chi connectivity index (χ0n) is 21.9. The smallest absolute Gasteiger partial charge is 0.262 e. The lowest BCUT2D eigenvalue weighted by molar-refractivity contribution is -0.136. The Bertz CT molecular complexity index is 1620. The lowest BCUT2D eigenvalue weighted by Crippen LogP contribution is -2.51. The normalized spacial score (nSPS) is 13.3. The van der Waals surface area contributed by atoms with Crippen molar-refractivity contribution in [2.75, 3.05) is 0 Å². The van der Waals surface area contributed by atoms with Gasteiger partial charge in [-0.15, -0.1) is 0 Å². The van der Waals surface area contributed by atoms with E-state index in [1.165, 1.54) is 4.90 Å². The van der Waals surface area contributed by atoms with Crippen molar-refractivity contribution in [3.05, 3.63) is 155 Å². The standard InChI is InChI=1S/C35H28N2O3/c38-33-30-20-9-10-21-31(30)34(39)37(33)32(22-28-18-11-17-27-16-7-8-19-29(27)28)35(40)36(23-25-12-3-1-4-13-25)24-26-14-5-2-6-15-26/h1-21,32H,22-24H2. The van der Waals surface area contributed by atoms with Crippen LogP contribution < -0.4 is 0 Å². The molecule has 0 bridgehead atoms. The number of nitrogens with zero attached hydrogens (tertiary/aromatic N) is 2. The Morgan fingerprint density at radius 2 is 1.10 bits per heavy atom. The predicted molar refractivity (Wildman–Crippen MR) is 156 cm³/mol. The van der Waals surface area contributed by atoms with Gasteiger partial charge in [0, 0.05) is 19.5 Å². The van der Waals surface area contributed by atoms with Gasteiger partial charge < -0.3 is 4.90 Å². The molecule has 5 aromatic rings. The molecule has 1 heterocycles. The zero-order chi connectivity index (χ0) is 27.5. The molecule has 1 aliphatic rings. The number of imide groups is 1. The SMILES string of the molecule is O=C(C(Cc1cccc2ccccc12)N1C(=O)c2ccccc2C1=O)N(Cc1ccccc1)Cc1ccccc1. The van der Waals surface area contributed by atoms with Crippen molar-refractivity contribution in [2.24, 2.45) is 0 Å². The van der Waals surface area contributed by atoms with Gasteiger partial charge in [-0.25, -0.2) is 0 Å². The van der Waals surface area contributed by atoms with Crippen molar-refractivity contribution in [3.8, 4) is 0 Å². The highest BCUT2D eigenvalue weighted by Crippen LogP contribution is 2.29. The van der Waals surface area contributed by atoms with Crippen LogP contribution in [0.15, 0.2) is 127 Å². The van der Waals surface area contributed by atoms with Crippen LogP contribution in [-0.2, 0) is 24.3 Å². The van der Waals surface area contributed by atoms with Gasteiger partial charge in [0.1, 0.15) is 6.04 Å². The van der Waals surface area contributed by atoms with E-state index in [0.29, 0.717) is 24.2 Å². The molecule has 0 radical (unpaired) electrons. The molecule has 0 spiro atoms. The van der Waals surface area contributed by atoms with Crippen molar-refractivity contribution in [1.29, 1.82) is 0 Å². The average molecular weight is 525 g/mol. The van der Waals surface area contributed by atoms with Gasteiger partial charge in [0.2, 0.25) is 5.91 Å². The van der Waals surface area contributed by atoms with Crippen LogP contribution in [0.25, 0.3) is 10.8 Å². The quantitative estimate of drug-likeness (QED) is 0.225. The van der Waals surface area contributed by atoms with Gasteiger partial charge in [-0.2, -0.15) is 0 Å². The Hall–Kier alpha value is -5.03. The van der Waals surface area contributed by atoms with Crippen LogP contribution in [0.1, 0.15) is 37.4 Å². The van der Waals surface area contributed by atoms with E-state index in [-0.39, 0.29) is 12.3 Å². The summed E-state index contributed by atoms with van der Waals surface area (Å²) in [4.78, 5) is 44.9. The van der Waals surface area contributed by atoms with Crippen molar-refractivity contribution in [2.45, 2.75) is 25.6 Å². The summed E-state index contributed by atoms with van der Waals surface area (Å²) in [5.41, 5.74) is 3.52. The Labute approximate surface area is 233 Å². The van der Waals surface area contributed by atoms with E-state index in [0.717, 1.165) is 27.5 Å². The number of rotatable bonds is 8. The molecular formula is C35H28N2O3. The molecule has 5 aromatic carbocycles. The second kappa shape index (κ2) is 11.0. The minimum Gasteiger partial charge on any atom is -0.332 e. The monoisotopic (exact) mass is 524 g/mol. The van der Waals surface area contributed by atoms with Crippen molar-refractivity contribution in [1.82, 2.24) is 9.80 Å². The maximum atomic E-state index is 14.6. The van der Waals surface area contributed by atoms with Crippen LogP contribution >= 0.6 is 0 Å². The number of amides is 3. The van der Waals surface area contributed by atoms with Crippen LogP contribution in [0.2, 0.25) is 0 Å². The lowest BCUT2D eigenvalue weighted by Gasteiger charge is -2.32. The van der Waals surface area contributed by atoms with E-state index in [2.05, 4.69) is 0 Å². The Morgan fingerprint density at radius 3 is 1.70 bits per heavy atom. The molecule has 0 fully saturated rings. The summed E-state index contributed by atoms with van der Waals surface area (Å²) in [6.45, 7) is 0.702. The molecule has 0 saturated heterocycles. The van der Waals surface area contributed by atoms with E-state index in [9.17, 15) is 14.4 Å². The van der Waals surface area contributed by atoms with Crippen LogP contribution in [-0.4, -0.2) is 33.6 Å². The van der Waals surface area contributed by atoms with E-state index < -0.39 is 17.9 Å². The molecule has 1 aliphatic heterocycles. The summed E-state index contributed by atoms with van der Waals surface area (Å²) in [6, 6.07) is 39.3. The fraction of sp³-hybridized carbons (Fsp3) is 0.114. The summed E-state index contributed by atoms with van der Waals surface area (Å²) in [6.07, 6.45) is 0.214. The van der Waals surface area contributed by atoms with E-state index in [1.807, 2.05) is 103 Å². The summed E-state index contributed by atoms with van der Waals surface area (Å²) in [5, 5.41) is 2.04. The predicted octanol–water partition coefficient (Wildman–Crippen LogP) is 6.28. The average Bonchev–Trinajstić information content (AvgIpc) is 3.25. The topological polar surface area (TPSA) is 57.7 Å². The Balaban J connectivity index is 1.43. The number of hydrogen-bond donors (Lipinski definition) is 0. The summed E-state index contributed by atoms with van der Waals surface area (Å²) < 4.78 is 0. The molecule has 0 N–H and O–H groups in total. The summed E-state index contributed by atoms with van der Waals surface area (Å²) >= 11 is 0. The van der Waals surface area contributed by atoms with Gasteiger partial charge >= 0.3 is 0 Å². The first-order valence-corrected chi connectivity index (χ1v) is 13.4. The fourth-order valence-electron chi connectivity index (χ4n) is 5.49. The Morgan fingerprint density at radius 1 is 0.600 bits per heavy atom. The molecule has 5 nitrogen and oxygen atoms in total. The highest BCUT2D eigenvalue weighted by atomic mass is 16.2. The molecule has 5 heteroatoms. The van der Waals surface area contributed by atoms with Gasteiger partial charge in [-0.1, -0.05) is 115 Å². The van der Waals surface area contributed by atoms with Crippen LogP contribution in [0.4, 0.5) is 0 Å². The van der Waals surface area contributed by atoms with Gasteiger partial charge in [-0.05, 0) is 39.6 Å². The van der Waals surface area contributed by atoms with E-state index >= 15 is 0 Å². The minimum atomic E-state index is -1.01. The lowest BCUT2D eigenvalue weighted by atomic mass is 9.97. The number of hydrogen-bond acceptors (Lipinski definition) is 3. The van der Waals surface area contributed by atoms with Gasteiger partial charge in [-0.3, -0.25) is 19.3 Å². The van der Waals surface area contributed by atoms with Gasteiger partial charge in [0.15, 0.2) is 0 Å². The zero-order valence-corrected chi connectivity index (χ0v) is 21.9. The van der Waals surface area contributed by atoms with Gasteiger partial charge in [0.25, 0.3) is 11.8 Å². The highest BCUT2D eigenvalue weighted by Gasteiger charge is 2.44. The van der Waals surface area contributed by atoms with E-state index in [4.69, 9.17) is 0 Å². The van der Waals surface area contributed by atoms with E-state index in [1.54, 1.807) is 29.2 Å².